The minimum absolute atomic E-state index is 0.159. The summed E-state index contributed by atoms with van der Waals surface area (Å²) in [5.41, 5.74) is 5.26. The Bertz CT molecular complexity index is 686. The number of anilines is 1. The second-order valence-electron chi connectivity index (χ2n) is 5.25. The van der Waals surface area contributed by atoms with E-state index in [0.29, 0.717) is 11.3 Å². The summed E-state index contributed by atoms with van der Waals surface area (Å²) in [5.74, 6) is 0.686. The van der Waals surface area contributed by atoms with Crippen molar-refractivity contribution in [3.8, 4) is 11.8 Å². The molecular weight excluding hydrogens is 260 g/mol. The van der Waals surface area contributed by atoms with Crippen molar-refractivity contribution in [1.29, 1.82) is 5.26 Å². The molecule has 0 bridgehead atoms. The van der Waals surface area contributed by atoms with Gasteiger partial charge in [-0.1, -0.05) is 23.8 Å². The molecule has 0 aliphatic rings. The molecule has 0 saturated heterocycles. The highest BCUT2D eigenvalue weighted by atomic mass is 16.5. The maximum absolute atomic E-state index is 8.95. The largest absolute Gasteiger partial charge is 0.495 e. The molecule has 1 atom stereocenters. The van der Waals surface area contributed by atoms with Crippen molar-refractivity contribution in [2.75, 3.05) is 12.4 Å². The van der Waals surface area contributed by atoms with Crippen molar-refractivity contribution in [3.63, 3.8) is 0 Å². The standard InChI is InChI=1S/C18H20N2O/c1-12-5-6-13(2)16(9-12)14(3)20-17-8-7-15(11-19)10-18(17)21-4/h5-10,14,20H,1-4H3. The lowest BCUT2D eigenvalue weighted by Crippen LogP contribution is -2.09. The Labute approximate surface area is 126 Å². The van der Waals surface area contributed by atoms with Crippen LogP contribution in [0, 0.1) is 25.2 Å². The van der Waals surface area contributed by atoms with Gasteiger partial charge in [-0.3, -0.25) is 0 Å². The van der Waals surface area contributed by atoms with E-state index in [4.69, 9.17) is 10.00 Å². The van der Waals surface area contributed by atoms with Crippen LogP contribution in [0.15, 0.2) is 36.4 Å². The Morgan fingerprint density at radius 2 is 1.90 bits per heavy atom. The molecular formula is C18H20N2O. The molecule has 108 valence electrons. The van der Waals surface area contributed by atoms with Gasteiger partial charge < -0.3 is 10.1 Å². The summed E-state index contributed by atoms with van der Waals surface area (Å²) in [5, 5.41) is 12.4. The van der Waals surface area contributed by atoms with Crippen molar-refractivity contribution in [1.82, 2.24) is 0 Å². The lowest BCUT2D eigenvalue weighted by atomic mass is 9.99. The van der Waals surface area contributed by atoms with E-state index >= 15 is 0 Å². The number of methoxy groups -OCH3 is 1. The Morgan fingerprint density at radius 1 is 1.14 bits per heavy atom. The molecule has 0 radical (unpaired) electrons. The van der Waals surface area contributed by atoms with Gasteiger partial charge in [0.15, 0.2) is 0 Å². The van der Waals surface area contributed by atoms with Gasteiger partial charge in [0.2, 0.25) is 0 Å². The van der Waals surface area contributed by atoms with Crippen LogP contribution in [0.5, 0.6) is 5.75 Å². The predicted octanol–water partition coefficient (Wildman–Crippen LogP) is 4.36. The summed E-state index contributed by atoms with van der Waals surface area (Å²) >= 11 is 0. The van der Waals surface area contributed by atoms with E-state index in [1.54, 1.807) is 19.2 Å². The molecule has 21 heavy (non-hydrogen) atoms. The number of ether oxygens (including phenoxy) is 1. The van der Waals surface area contributed by atoms with Crippen LogP contribution in [0.3, 0.4) is 0 Å². The second kappa shape index (κ2) is 6.32. The number of rotatable bonds is 4. The third-order valence-electron chi connectivity index (χ3n) is 3.60. The van der Waals surface area contributed by atoms with Crippen molar-refractivity contribution >= 4 is 5.69 Å². The number of benzene rings is 2. The molecule has 1 unspecified atom stereocenters. The van der Waals surface area contributed by atoms with E-state index in [0.717, 1.165) is 5.69 Å². The van der Waals surface area contributed by atoms with E-state index < -0.39 is 0 Å². The highest BCUT2D eigenvalue weighted by Gasteiger charge is 2.12. The van der Waals surface area contributed by atoms with Gasteiger partial charge >= 0.3 is 0 Å². The second-order valence-corrected chi connectivity index (χ2v) is 5.25. The topological polar surface area (TPSA) is 45.0 Å². The molecule has 3 nitrogen and oxygen atoms in total. The van der Waals surface area contributed by atoms with E-state index in [1.165, 1.54) is 16.7 Å². The van der Waals surface area contributed by atoms with Gasteiger partial charge in [0, 0.05) is 12.1 Å². The van der Waals surface area contributed by atoms with Crippen LogP contribution in [-0.2, 0) is 0 Å². The molecule has 0 spiro atoms. The number of aryl methyl sites for hydroxylation is 2. The first-order chi connectivity index (χ1) is 10.0. The number of hydrogen-bond acceptors (Lipinski definition) is 3. The van der Waals surface area contributed by atoms with Gasteiger partial charge in [0.1, 0.15) is 5.75 Å². The first-order valence-corrected chi connectivity index (χ1v) is 6.97. The van der Waals surface area contributed by atoms with Gasteiger partial charge in [0.05, 0.1) is 24.4 Å². The molecule has 3 heteroatoms. The first-order valence-electron chi connectivity index (χ1n) is 6.97. The number of hydrogen-bond donors (Lipinski definition) is 1. The Kier molecular flexibility index (Phi) is 4.49. The number of nitrogens with zero attached hydrogens (tertiary/aromatic N) is 1. The first kappa shape index (κ1) is 14.9. The zero-order valence-corrected chi connectivity index (χ0v) is 12.9. The fourth-order valence-electron chi connectivity index (χ4n) is 2.42. The molecule has 0 aliphatic carbocycles. The van der Waals surface area contributed by atoms with Gasteiger partial charge in [-0.15, -0.1) is 0 Å². The molecule has 2 rings (SSSR count). The summed E-state index contributed by atoms with van der Waals surface area (Å²) in [7, 11) is 1.62. The fraction of sp³-hybridized carbons (Fsp3) is 0.278. The van der Waals surface area contributed by atoms with Crippen LogP contribution in [0.25, 0.3) is 0 Å². The van der Waals surface area contributed by atoms with Crippen LogP contribution in [0.2, 0.25) is 0 Å². The van der Waals surface area contributed by atoms with Crippen LogP contribution < -0.4 is 10.1 Å². The smallest absolute Gasteiger partial charge is 0.143 e. The minimum Gasteiger partial charge on any atom is -0.495 e. The van der Waals surface area contributed by atoms with E-state index in [9.17, 15) is 0 Å². The van der Waals surface area contributed by atoms with Crippen molar-refractivity contribution in [2.24, 2.45) is 0 Å². The third-order valence-corrected chi connectivity index (χ3v) is 3.60. The summed E-state index contributed by atoms with van der Waals surface area (Å²) in [4.78, 5) is 0. The average Bonchev–Trinajstić information content (AvgIpc) is 2.49. The minimum atomic E-state index is 0.159. The molecule has 1 N–H and O–H groups in total. The number of nitriles is 1. The normalized spacial score (nSPS) is 11.6. The monoisotopic (exact) mass is 280 g/mol. The van der Waals surface area contributed by atoms with Crippen molar-refractivity contribution < 1.29 is 4.74 Å². The third kappa shape index (κ3) is 3.35. The molecule has 0 amide bonds. The van der Waals surface area contributed by atoms with Gasteiger partial charge in [-0.2, -0.15) is 5.26 Å². The summed E-state index contributed by atoms with van der Waals surface area (Å²) in [6, 6.07) is 14.2. The lowest BCUT2D eigenvalue weighted by Gasteiger charge is -2.20. The molecule has 0 fully saturated rings. The van der Waals surface area contributed by atoms with Crippen LogP contribution >= 0.6 is 0 Å². The molecule has 0 heterocycles. The van der Waals surface area contributed by atoms with Gasteiger partial charge in [-0.25, -0.2) is 0 Å². The van der Waals surface area contributed by atoms with E-state index in [2.05, 4.69) is 50.4 Å². The van der Waals surface area contributed by atoms with Crippen molar-refractivity contribution in [2.45, 2.75) is 26.8 Å². The van der Waals surface area contributed by atoms with E-state index in [1.807, 2.05) is 6.07 Å². The van der Waals surface area contributed by atoms with Gasteiger partial charge in [0.25, 0.3) is 0 Å². The zero-order chi connectivity index (χ0) is 15.4. The van der Waals surface area contributed by atoms with E-state index in [-0.39, 0.29) is 6.04 Å². The van der Waals surface area contributed by atoms with Crippen LogP contribution in [0.1, 0.15) is 35.2 Å². The fourth-order valence-corrected chi connectivity index (χ4v) is 2.42. The Morgan fingerprint density at radius 3 is 2.57 bits per heavy atom. The molecule has 2 aromatic rings. The zero-order valence-electron chi connectivity index (χ0n) is 12.9. The maximum Gasteiger partial charge on any atom is 0.143 e. The highest BCUT2D eigenvalue weighted by molar-refractivity contribution is 5.60. The Hall–Kier alpha value is -2.47. The summed E-state index contributed by atoms with van der Waals surface area (Å²) < 4.78 is 5.36. The van der Waals surface area contributed by atoms with Crippen LogP contribution in [-0.4, -0.2) is 7.11 Å². The summed E-state index contributed by atoms with van der Waals surface area (Å²) in [6.45, 7) is 6.33. The molecule has 0 saturated carbocycles. The highest BCUT2D eigenvalue weighted by Crippen LogP contribution is 2.30. The SMILES string of the molecule is COc1cc(C#N)ccc1NC(C)c1cc(C)ccc1C. The summed E-state index contributed by atoms with van der Waals surface area (Å²) in [6.07, 6.45) is 0. The van der Waals surface area contributed by atoms with Crippen molar-refractivity contribution in [3.05, 3.63) is 58.7 Å². The Balaban J connectivity index is 2.29. The lowest BCUT2D eigenvalue weighted by molar-refractivity contribution is 0.416. The molecule has 2 aromatic carbocycles. The van der Waals surface area contributed by atoms with Gasteiger partial charge in [-0.05, 0) is 44.0 Å². The number of nitrogens with one attached hydrogen (secondary N) is 1. The molecule has 0 aromatic heterocycles. The quantitative estimate of drug-likeness (QED) is 0.905. The van der Waals surface area contributed by atoms with Crippen LogP contribution in [0.4, 0.5) is 5.69 Å². The predicted molar refractivity (Wildman–Crippen MR) is 85.7 cm³/mol. The maximum atomic E-state index is 8.95. The molecule has 0 aliphatic heterocycles. The average molecular weight is 280 g/mol.